The number of rotatable bonds is 6. The van der Waals surface area contributed by atoms with E-state index in [1.807, 2.05) is 44.2 Å². The Kier molecular flexibility index (Phi) is 6.42. The highest BCUT2D eigenvalue weighted by Gasteiger charge is 2.11. The van der Waals surface area contributed by atoms with Gasteiger partial charge in [-0.05, 0) is 55.5 Å². The van der Waals surface area contributed by atoms with E-state index in [1.54, 1.807) is 0 Å². The van der Waals surface area contributed by atoms with Crippen LogP contribution in [0.5, 0.6) is 5.75 Å². The monoisotopic (exact) mass is 325 g/mol. The van der Waals surface area contributed by atoms with Gasteiger partial charge in [0.1, 0.15) is 5.75 Å². The number of hydrogen-bond donors (Lipinski definition) is 1. The summed E-state index contributed by atoms with van der Waals surface area (Å²) in [5.74, 6) is 0.652. The lowest BCUT2D eigenvalue weighted by molar-refractivity contribution is 0.214. The predicted octanol–water partition coefficient (Wildman–Crippen LogP) is 5.82. The summed E-state index contributed by atoms with van der Waals surface area (Å²) in [6, 6.07) is 12.0. The fourth-order valence-electron chi connectivity index (χ4n) is 2.83. The molecule has 2 aromatic carbocycles. The molecule has 0 aliphatic rings. The first-order valence-electron chi connectivity index (χ1n) is 8.71. The van der Waals surface area contributed by atoms with E-state index >= 15 is 0 Å². The molecule has 3 nitrogen and oxygen atoms in total. The number of ether oxygens (including phenoxy) is 1. The van der Waals surface area contributed by atoms with Crippen LogP contribution in [0, 0.1) is 13.8 Å². The molecule has 0 aliphatic heterocycles. The lowest BCUT2D eigenvalue weighted by atomic mass is 10.0. The first-order valence-corrected chi connectivity index (χ1v) is 8.71. The minimum absolute atomic E-state index is 0.442. The second-order valence-electron chi connectivity index (χ2n) is 6.27. The Bertz CT molecular complexity index is 707. The summed E-state index contributed by atoms with van der Waals surface area (Å²) in [6.07, 6.45) is 3.64. The highest BCUT2D eigenvalue weighted by atomic mass is 16.6. The molecule has 0 spiro atoms. The number of nitrogens with one attached hydrogen (secondary N) is 1. The van der Waals surface area contributed by atoms with Crippen molar-refractivity contribution in [3.63, 3.8) is 0 Å². The first-order chi connectivity index (χ1) is 11.5. The van der Waals surface area contributed by atoms with Crippen LogP contribution in [0.3, 0.4) is 0 Å². The van der Waals surface area contributed by atoms with Gasteiger partial charge in [0.15, 0.2) is 0 Å². The maximum absolute atomic E-state index is 12.3. The molecule has 0 aromatic heterocycles. The summed E-state index contributed by atoms with van der Waals surface area (Å²) in [4.78, 5) is 12.3. The maximum Gasteiger partial charge on any atom is 0.417 e. The molecular weight excluding hydrogens is 298 g/mol. The van der Waals surface area contributed by atoms with Crippen molar-refractivity contribution in [3.05, 3.63) is 58.7 Å². The highest BCUT2D eigenvalue weighted by Crippen LogP contribution is 2.24. The lowest BCUT2D eigenvalue weighted by Crippen LogP contribution is -2.18. The Balaban J connectivity index is 2.12. The zero-order valence-electron chi connectivity index (χ0n) is 15.1. The molecule has 0 heterocycles. The van der Waals surface area contributed by atoms with E-state index in [9.17, 15) is 4.79 Å². The standard InChI is InChI=1S/C21H27NO2/c1-5-7-17-10-12-20(18(14-17)8-6-2)24-21(23)22-19-11-9-15(3)13-16(19)4/h9-14H,5-8H2,1-4H3,(H,22,23). The highest BCUT2D eigenvalue weighted by molar-refractivity contribution is 5.87. The number of carbonyl (C=O) groups is 1. The lowest BCUT2D eigenvalue weighted by Gasteiger charge is -2.13. The topological polar surface area (TPSA) is 38.3 Å². The molecule has 0 saturated carbocycles. The first kappa shape index (κ1) is 18.1. The van der Waals surface area contributed by atoms with Crippen LogP contribution in [0.1, 0.15) is 48.9 Å². The average molecular weight is 325 g/mol. The van der Waals surface area contributed by atoms with E-state index < -0.39 is 6.09 Å². The normalized spacial score (nSPS) is 10.5. The summed E-state index contributed by atoms with van der Waals surface area (Å²) in [6.45, 7) is 8.31. The fraction of sp³-hybridized carbons (Fsp3) is 0.381. The molecule has 0 radical (unpaired) electrons. The average Bonchev–Trinajstić information content (AvgIpc) is 2.53. The zero-order valence-corrected chi connectivity index (χ0v) is 15.1. The summed E-state index contributed by atoms with van der Waals surface area (Å²) < 4.78 is 5.57. The third-order valence-electron chi connectivity index (χ3n) is 4.00. The van der Waals surface area contributed by atoms with Crippen LogP contribution in [-0.2, 0) is 12.8 Å². The van der Waals surface area contributed by atoms with Gasteiger partial charge in [0.2, 0.25) is 0 Å². The Hall–Kier alpha value is -2.29. The van der Waals surface area contributed by atoms with Crippen LogP contribution >= 0.6 is 0 Å². The Morgan fingerprint density at radius 2 is 1.75 bits per heavy atom. The van der Waals surface area contributed by atoms with Crippen molar-refractivity contribution >= 4 is 11.8 Å². The number of anilines is 1. The van der Waals surface area contributed by atoms with Crippen LogP contribution < -0.4 is 10.1 Å². The van der Waals surface area contributed by atoms with Gasteiger partial charge in [-0.1, -0.05) is 56.5 Å². The quantitative estimate of drug-likeness (QED) is 0.726. The van der Waals surface area contributed by atoms with E-state index in [0.717, 1.165) is 42.5 Å². The molecule has 2 aromatic rings. The van der Waals surface area contributed by atoms with Gasteiger partial charge in [-0.2, -0.15) is 0 Å². The SMILES string of the molecule is CCCc1ccc(OC(=O)Nc2ccc(C)cc2C)c(CCC)c1. The minimum atomic E-state index is -0.442. The van der Waals surface area contributed by atoms with E-state index in [4.69, 9.17) is 4.74 Å². The Morgan fingerprint density at radius 1 is 1.00 bits per heavy atom. The minimum Gasteiger partial charge on any atom is -0.410 e. The van der Waals surface area contributed by atoms with Crippen LogP contribution in [0.25, 0.3) is 0 Å². The molecule has 1 amide bonds. The second kappa shape index (κ2) is 8.53. The molecule has 0 fully saturated rings. The van der Waals surface area contributed by atoms with Crippen molar-refractivity contribution in [2.45, 2.75) is 53.4 Å². The molecule has 1 N–H and O–H groups in total. The van der Waals surface area contributed by atoms with E-state index in [0.29, 0.717) is 5.75 Å². The third kappa shape index (κ3) is 4.85. The van der Waals surface area contributed by atoms with Crippen molar-refractivity contribution in [3.8, 4) is 5.75 Å². The number of aryl methyl sites for hydroxylation is 4. The molecule has 2 rings (SSSR count). The van der Waals surface area contributed by atoms with Crippen LogP contribution in [-0.4, -0.2) is 6.09 Å². The molecular formula is C21H27NO2. The van der Waals surface area contributed by atoms with E-state index in [2.05, 4.69) is 25.2 Å². The van der Waals surface area contributed by atoms with Gasteiger partial charge >= 0.3 is 6.09 Å². The summed E-state index contributed by atoms with van der Waals surface area (Å²) in [7, 11) is 0. The van der Waals surface area contributed by atoms with Gasteiger partial charge in [0.25, 0.3) is 0 Å². The van der Waals surface area contributed by atoms with Gasteiger partial charge < -0.3 is 4.74 Å². The molecule has 0 aliphatic carbocycles. The van der Waals surface area contributed by atoms with Gasteiger partial charge in [-0.3, -0.25) is 5.32 Å². The van der Waals surface area contributed by atoms with Crippen LogP contribution in [0.15, 0.2) is 36.4 Å². The smallest absolute Gasteiger partial charge is 0.410 e. The number of benzene rings is 2. The molecule has 128 valence electrons. The van der Waals surface area contributed by atoms with E-state index in [1.165, 1.54) is 11.1 Å². The molecule has 24 heavy (non-hydrogen) atoms. The van der Waals surface area contributed by atoms with Gasteiger partial charge in [0.05, 0.1) is 0 Å². The fourth-order valence-corrected chi connectivity index (χ4v) is 2.83. The number of hydrogen-bond acceptors (Lipinski definition) is 2. The summed E-state index contributed by atoms with van der Waals surface area (Å²) in [5.41, 5.74) is 5.37. The van der Waals surface area contributed by atoms with Gasteiger partial charge in [-0.25, -0.2) is 4.79 Å². The van der Waals surface area contributed by atoms with Crippen molar-refractivity contribution < 1.29 is 9.53 Å². The van der Waals surface area contributed by atoms with Crippen LogP contribution in [0.2, 0.25) is 0 Å². The zero-order chi connectivity index (χ0) is 17.5. The molecule has 0 saturated heterocycles. The van der Waals surface area contributed by atoms with Crippen molar-refractivity contribution in [1.82, 2.24) is 0 Å². The summed E-state index contributed by atoms with van der Waals surface area (Å²) >= 11 is 0. The predicted molar refractivity (Wildman–Crippen MR) is 100.0 cm³/mol. The Morgan fingerprint density at radius 3 is 2.42 bits per heavy atom. The van der Waals surface area contributed by atoms with Crippen molar-refractivity contribution in [2.75, 3.05) is 5.32 Å². The Labute approximate surface area is 145 Å². The van der Waals surface area contributed by atoms with E-state index in [-0.39, 0.29) is 0 Å². The van der Waals surface area contributed by atoms with Crippen molar-refractivity contribution in [2.24, 2.45) is 0 Å². The molecule has 3 heteroatoms. The summed E-state index contributed by atoms with van der Waals surface area (Å²) in [5, 5.41) is 2.83. The number of carbonyl (C=O) groups excluding carboxylic acids is 1. The largest absolute Gasteiger partial charge is 0.417 e. The second-order valence-corrected chi connectivity index (χ2v) is 6.27. The number of amides is 1. The maximum atomic E-state index is 12.3. The van der Waals surface area contributed by atoms with Crippen LogP contribution in [0.4, 0.5) is 10.5 Å². The van der Waals surface area contributed by atoms with Gasteiger partial charge in [-0.15, -0.1) is 0 Å². The molecule has 0 atom stereocenters. The van der Waals surface area contributed by atoms with Gasteiger partial charge in [0, 0.05) is 5.69 Å². The molecule has 0 bridgehead atoms. The third-order valence-corrected chi connectivity index (χ3v) is 4.00. The van der Waals surface area contributed by atoms with Crippen molar-refractivity contribution in [1.29, 1.82) is 0 Å². The molecule has 0 unspecified atom stereocenters.